The first-order chi connectivity index (χ1) is 10.6. The van der Waals surface area contributed by atoms with Gasteiger partial charge in [0.2, 0.25) is 0 Å². The van der Waals surface area contributed by atoms with E-state index in [0.717, 1.165) is 22.0 Å². The molecular formula is C16H18BrClN2O2. The van der Waals surface area contributed by atoms with E-state index in [4.69, 9.17) is 16.3 Å². The van der Waals surface area contributed by atoms with Gasteiger partial charge in [-0.1, -0.05) is 27.5 Å². The van der Waals surface area contributed by atoms with E-state index in [-0.39, 0.29) is 0 Å². The van der Waals surface area contributed by atoms with Gasteiger partial charge in [-0.25, -0.2) is 4.98 Å². The maximum absolute atomic E-state index is 9.90. The molecule has 1 heterocycles. The van der Waals surface area contributed by atoms with Crippen molar-refractivity contribution in [3.8, 4) is 0 Å². The summed E-state index contributed by atoms with van der Waals surface area (Å²) in [5, 5.41) is 14.6. The summed E-state index contributed by atoms with van der Waals surface area (Å²) in [5.74, 6) is 1.40. The lowest BCUT2D eigenvalue weighted by Gasteiger charge is -2.13. The first-order valence-corrected chi connectivity index (χ1v) is 8.54. The van der Waals surface area contributed by atoms with Crippen LogP contribution in [0.15, 0.2) is 28.7 Å². The highest BCUT2D eigenvalue weighted by Crippen LogP contribution is 2.29. The summed E-state index contributed by atoms with van der Waals surface area (Å²) in [6.45, 7) is 1.51. The van der Waals surface area contributed by atoms with Gasteiger partial charge in [-0.3, -0.25) is 0 Å². The first kappa shape index (κ1) is 16.0. The lowest BCUT2D eigenvalue weighted by Crippen LogP contribution is -2.25. The number of aliphatic hydroxyl groups excluding tert-OH is 1. The van der Waals surface area contributed by atoms with Gasteiger partial charge < -0.3 is 15.2 Å². The quantitative estimate of drug-likeness (QED) is 0.760. The van der Waals surface area contributed by atoms with Crippen LogP contribution in [0.3, 0.4) is 0 Å². The van der Waals surface area contributed by atoms with Crippen LogP contribution in [0.5, 0.6) is 0 Å². The molecule has 0 saturated heterocycles. The first-order valence-electron chi connectivity index (χ1n) is 7.37. The van der Waals surface area contributed by atoms with Crippen molar-refractivity contribution in [2.45, 2.75) is 18.9 Å². The largest absolute Gasteiger partial charge is 0.389 e. The predicted molar refractivity (Wildman–Crippen MR) is 92.5 cm³/mol. The fourth-order valence-electron chi connectivity index (χ4n) is 2.19. The zero-order chi connectivity index (χ0) is 15.5. The zero-order valence-electron chi connectivity index (χ0n) is 12.1. The molecule has 6 heteroatoms. The third-order valence-corrected chi connectivity index (χ3v) is 4.34. The summed E-state index contributed by atoms with van der Waals surface area (Å²) >= 11 is 9.63. The second kappa shape index (κ2) is 7.13. The van der Waals surface area contributed by atoms with Crippen LogP contribution in [0.25, 0.3) is 10.9 Å². The number of anilines is 1. The average molecular weight is 386 g/mol. The molecule has 2 aromatic rings. The smallest absolute Gasteiger partial charge is 0.126 e. The molecule has 0 amide bonds. The van der Waals surface area contributed by atoms with Crippen molar-refractivity contribution < 1.29 is 9.84 Å². The molecule has 0 aliphatic heterocycles. The van der Waals surface area contributed by atoms with Crippen molar-refractivity contribution in [1.29, 1.82) is 0 Å². The van der Waals surface area contributed by atoms with Gasteiger partial charge in [0.05, 0.1) is 23.3 Å². The fraction of sp³-hybridized carbons (Fsp3) is 0.438. The van der Waals surface area contributed by atoms with E-state index < -0.39 is 6.10 Å². The number of rotatable bonds is 7. The van der Waals surface area contributed by atoms with E-state index in [0.29, 0.717) is 29.9 Å². The van der Waals surface area contributed by atoms with E-state index in [2.05, 4.69) is 26.2 Å². The molecule has 1 aliphatic carbocycles. The second-order valence-corrected chi connectivity index (χ2v) is 6.99. The van der Waals surface area contributed by atoms with Gasteiger partial charge in [0.25, 0.3) is 0 Å². The Bertz CT molecular complexity index is 664. The number of aromatic nitrogens is 1. The van der Waals surface area contributed by atoms with E-state index >= 15 is 0 Å². The fourth-order valence-corrected chi connectivity index (χ4v) is 3.07. The number of benzene rings is 1. The predicted octanol–water partition coefficient (Wildman–Crippen LogP) is 3.85. The Morgan fingerprint density at radius 3 is 3.00 bits per heavy atom. The molecule has 1 aromatic carbocycles. The highest BCUT2D eigenvalue weighted by molar-refractivity contribution is 9.10. The number of hydrogen-bond acceptors (Lipinski definition) is 4. The number of ether oxygens (including phenoxy) is 1. The van der Waals surface area contributed by atoms with E-state index in [1.54, 1.807) is 0 Å². The zero-order valence-corrected chi connectivity index (χ0v) is 14.4. The van der Waals surface area contributed by atoms with E-state index in [1.807, 2.05) is 24.3 Å². The lowest BCUT2D eigenvalue weighted by molar-refractivity contribution is 0.0386. The van der Waals surface area contributed by atoms with Gasteiger partial charge in [0.1, 0.15) is 5.82 Å². The Labute approximate surface area is 143 Å². The number of pyridine rings is 1. The molecule has 0 bridgehead atoms. The molecule has 1 unspecified atom stereocenters. The van der Waals surface area contributed by atoms with Crippen molar-refractivity contribution in [3.63, 3.8) is 0 Å². The van der Waals surface area contributed by atoms with Gasteiger partial charge in [-0.15, -0.1) is 0 Å². The molecule has 22 heavy (non-hydrogen) atoms. The summed E-state index contributed by atoms with van der Waals surface area (Å²) in [6, 6.07) is 7.62. The van der Waals surface area contributed by atoms with E-state index in [1.165, 1.54) is 12.8 Å². The number of nitrogens with one attached hydrogen (secondary N) is 1. The monoisotopic (exact) mass is 384 g/mol. The Hall–Kier alpha value is -0.880. The Morgan fingerprint density at radius 1 is 1.41 bits per heavy atom. The maximum Gasteiger partial charge on any atom is 0.126 e. The molecular weight excluding hydrogens is 368 g/mol. The summed E-state index contributed by atoms with van der Waals surface area (Å²) in [4.78, 5) is 4.49. The van der Waals surface area contributed by atoms with Crippen LogP contribution >= 0.6 is 27.5 Å². The van der Waals surface area contributed by atoms with E-state index in [9.17, 15) is 5.11 Å². The van der Waals surface area contributed by atoms with Crippen LogP contribution in [0, 0.1) is 5.92 Å². The van der Waals surface area contributed by atoms with Crippen molar-refractivity contribution in [2.75, 3.05) is 25.1 Å². The number of fused-ring (bicyclic) bond motifs is 1. The molecule has 1 fully saturated rings. The SMILES string of the molecule is OC(CNc1ccc2cc(Br)cc(Cl)c2n1)COCC1CC1. The minimum absolute atomic E-state index is 0.352. The van der Waals surface area contributed by atoms with Gasteiger partial charge in [-0.05, 0) is 43.0 Å². The molecule has 1 aromatic heterocycles. The molecule has 4 nitrogen and oxygen atoms in total. The second-order valence-electron chi connectivity index (χ2n) is 5.67. The van der Waals surface area contributed by atoms with Crippen LogP contribution in [-0.2, 0) is 4.74 Å². The molecule has 2 N–H and O–H groups in total. The molecule has 1 aliphatic rings. The van der Waals surface area contributed by atoms with Gasteiger partial charge in [-0.2, -0.15) is 0 Å². The molecule has 1 atom stereocenters. The maximum atomic E-state index is 9.90. The molecule has 0 radical (unpaired) electrons. The van der Waals surface area contributed by atoms with Gasteiger partial charge in [0.15, 0.2) is 0 Å². The Morgan fingerprint density at radius 2 is 2.23 bits per heavy atom. The van der Waals surface area contributed by atoms with Gasteiger partial charge in [0, 0.05) is 23.0 Å². The van der Waals surface area contributed by atoms with Crippen LogP contribution in [0.1, 0.15) is 12.8 Å². The number of nitrogens with zero attached hydrogens (tertiary/aromatic N) is 1. The van der Waals surface area contributed by atoms with Crippen LogP contribution in [-0.4, -0.2) is 36.0 Å². The highest BCUT2D eigenvalue weighted by atomic mass is 79.9. The minimum atomic E-state index is -0.545. The summed E-state index contributed by atoms with van der Waals surface area (Å²) in [6.07, 6.45) is 1.97. The standard InChI is InChI=1S/C16H18BrClN2O2/c17-12-5-11-3-4-15(20-16(11)14(18)6-12)19-7-13(21)9-22-8-10-1-2-10/h3-6,10,13,21H,1-2,7-9H2,(H,19,20). The molecule has 118 valence electrons. The third-order valence-electron chi connectivity index (χ3n) is 3.59. The summed E-state index contributed by atoms with van der Waals surface area (Å²) < 4.78 is 6.40. The Balaban J connectivity index is 1.56. The number of aliphatic hydroxyl groups is 1. The van der Waals surface area contributed by atoms with Crippen LogP contribution < -0.4 is 5.32 Å². The van der Waals surface area contributed by atoms with Crippen molar-refractivity contribution in [1.82, 2.24) is 4.98 Å². The molecule has 0 spiro atoms. The normalized spacial score (nSPS) is 16.0. The lowest BCUT2D eigenvalue weighted by atomic mass is 10.2. The number of halogens is 2. The molecule has 1 saturated carbocycles. The van der Waals surface area contributed by atoms with Gasteiger partial charge >= 0.3 is 0 Å². The van der Waals surface area contributed by atoms with Crippen molar-refractivity contribution in [3.05, 3.63) is 33.8 Å². The summed E-state index contributed by atoms with van der Waals surface area (Å²) in [5.41, 5.74) is 0.745. The third kappa shape index (κ3) is 4.32. The average Bonchev–Trinajstić information content (AvgIpc) is 3.29. The van der Waals surface area contributed by atoms with Crippen molar-refractivity contribution in [2.24, 2.45) is 5.92 Å². The van der Waals surface area contributed by atoms with Crippen LogP contribution in [0.2, 0.25) is 5.02 Å². The van der Waals surface area contributed by atoms with Crippen LogP contribution in [0.4, 0.5) is 5.82 Å². The highest BCUT2D eigenvalue weighted by Gasteiger charge is 2.21. The number of hydrogen-bond donors (Lipinski definition) is 2. The minimum Gasteiger partial charge on any atom is -0.389 e. The summed E-state index contributed by atoms with van der Waals surface area (Å²) in [7, 11) is 0. The molecule has 3 rings (SSSR count). The Kier molecular flexibility index (Phi) is 5.18. The van der Waals surface area contributed by atoms with Crippen molar-refractivity contribution >= 4 is 44.3 Å². The topological polar surface area (TPSA) is 54.4 Å².